The molecule has 90 valence electrons. The largest absolute Gasteiger partial charge is 0.496 e. The van der Waals surface area contributed by atoms with E-state index in [2.05, 4.69) is 46.9 Å². The van der Waals surface area contributed by atoms with Crippen LogP contribution in [0.15, 0.2) is 23.1 Å². The molecule has 0 saturated heterocycles. The van der Waals surface area contributed by atoms with Gasteiger partial charge in [-0.05, 0) is 53.0 Å². The van der Waals surface area contributed by atoms with Gasteiger partial charge < -0.3 is 9.30 Å². The average Bonchev–Trinajstić information content (AvgIpc) is 2.62. The highest BCUT2D eigenvalue weighted by Crippen LogP contribution is 2.35. The van der Waals surface area contributed by atoms with Gasteiger partial charge in [-0.3, -0.25) is 0 Å². The molecule has 2 rings (SSSR count). The summed E-state index contributed by atoms with van der Waals surface area (Å²) >= 11 is 3.47. The molecule has 2 aromatic rings. The summed E-state index contributed by atoms with van der Waals surface area (Å²) in [4.78, 5) is 4.24. The van der Waals surface area contributed by atoms with E-state index in [-0.39, 0.29) is 0 Å². The van der Waals surface area contributed by atoms with Crippen molar-refractivity contribution in [2.45, 2.75) is 13.8 Å². The van der Waals surface area contributed by atoms with Crippen LogP contribution in [0, 0.1) is 13.8 Å². The molecule has 0 fully saturated rings. The van der Waals surface area contributed by atoms with E-state index in [1.165, 1.54) is 11.1 Å². The minimum atomic E-state index is 0.835. The third-order valence-electron chi connectivity index (χ3n) is 2.96. The Morgan fingerprint density at radius 1 is 1.24 bits per heavy atom. The highest BCUT2D eigenvalue weighted by Gasteiger charge is 2.15. The van der Waals surface area contributed by atoms with Gasteiger partial charge in [-0.15, -0.1) is 0 Å². The van der Waals surface area contributed by atoms with E-state index >= 15 is 0 Å². The monoisotopic (exact) mass is 294 g/mol. The quantitative estimate of drug-likeness (QED) is 0.848. The molecule has 3 nitrogen and oxygen atoms in total. The Kier molecular flexibility index (Phi) is 3.24. The molecule has 0 spiro atoms. The first-order valence-corrected chi connectivity index (χ1v) is 6.16. The molecule has 0 radical (unpaired) electrons. The number of imidazole rings is 1. The molecule has 0 saturated carbocycles. The number of ether oxygens (including phenoxy) is 1. The fourth-order valence-corrected chi connectivity index (χ4v) is 2.43. The number of hydrogen-bond acceptors (Lipinski definition) is 2. The fraction of sp³-hybridized carbons (Fsp3) is 0.308. The minimum Gasteiger partial charge on any atom is -0.496 e. The summed E-state index contributed by atoms with van der Waals surface area (Å²) in [5, 5.41) is 0. The Hall–Kier alpha value is -1.29. The lowest BCUT2D eigenvalue weighted by atomic mass is 10.0. The zero-order chi connectivity index (χ0) is 12.6. The van der Waals surface area contributed by atoms with Gasteiger partial charge in [0.1, 0.15) is 10.4 Å². The Morgan fingerprint density at radius 2 is 1.88 bits per heavy atom. The van der Waals surface area contributed by atoms with E-state index in [0.29, 0.717) is 0 Å². The van der Waals surface area contributed by atoms with Crippen LogP contribution < -0.4 is 4.74 Å². The van der Waals surface area contributed by atoms with Crippen molar-refractivity contribution in [1.29, 1.82) is 0 Å². The number of benzene rings is 1. The third kappa shape index (κ3) is 2.09. The maximum atomic E-state index is 5.45. The van der Waals surface area contributed by atoms with Gasteiger partial charge in [0.2, 0.25) is 0 Å². The molecular formula is C13H15BrN2O. The number of rotatable bonds is 2. The predicted octanol–water partition coefficient (Wildman–Crippen LogP) is 3.48. The highest BCUT2D eigenvalue weighted by molar-refractivity contribution is 9.10. The van der Waals surface area contributed by atoms with Gasteiger partial charge in [-0.2, -0.15) is 0 Å². The molecular weight excluding hydrogens is 280 g/mol. The summed E-state index contributed by atoms with van der Waals surface area (Å²) < 4.78 is 8.27. The van der Waals surface area contributed by atoms with Crippen molar-refractivity contribution in [2.24, 2.45) is 7.05 Å². The first kappa shape index (κ1) is 12.2. The topological polar surface area (TPSA) is 27.1 Å². The van der Waals surface area contributed by atoms with Crippen molar-refractivity contribution in [3.05, 3.63) is 34.2 Å². The lowest BCUT2D eigenvalue weighted by Crippen LogP contribution is -1.96. The molecule has 4 heteroatoms. The number of hydrogen-bond donors (Lipinski definition) is 0. The van der Waals surface area contributed by atoms with Gasteiger partial charge in [0, 0.05) is 12.6 Å². The summed E-state index contributed by atoms with van der Waals surface area (Å²) in [5.74, 6) is 0.873. The molecule has 1 heterocycles. The highest BCUT2D eigenvalue weighted by atomic mass is 79.9. The van der Waals surface area contributed by atoms with E-state index in [0.717, 1.165) is 21.6 Å². The molecule has 0 N–H and O–H groups in total. The molecule has 0 aliphatic heterocycles. The van der Waals surface area contributed by atoms with E-state index in [1.807, 2.05) is 11.6 Å². The second-order valence-electron chi connectivity index (χ2n) is 4.13. The van der Waals surface area contributed by atoms with Crippen LogP contribution in [0.5, 0.6) is 5.75 Å². The smallest absolute Gasteiger partial charge is 0.132 e. The van der Waals surface area contributed by atoms with Crippen molar-refractivity contribution in [2.75, 3.05) is 7.11 Å². The van der Waals surface area contributed by atoms with Gasteiger partial charge >= 0.3 is 0 Å². The fourth-order valence-electron chi connectivity index (χ4n) is 1.85. The molecule has 1 aromatic carbocycles. The van der Waals surface area contributed by atoms with E-state index in [9.17, 15) is 0 Å². The van der Waals surface area contributed by atoms with Gasteiger partial charge in [0.25, 0.3) is 0 Å². The number of halogens is 1. The van der Waals surface area contributed by atoms with Crippen molar-refractivity contribution in [3.8, 4) is 17.0 Å². The minimum absolute atomic E-state index is 0.835. The second kappa shape index (κ2) is 4.53. The van der Waals surface area contributed by atoms with Crippen LogP contribution in [0.25, 0.3) is 11.3 Å². The molecule has 17 heavy (non-hydrogen) atoms. The number of methoxy groups -OCH3 is 1. The van der Waals surface area contributed by atoms with Crippen molar-refractivity contribution in [3.63, 3.8) is 0 Å². The zero-order valence-corrected chi connectivity index (χ0v) is 12.0. The van der Waals surface area contributed by atoms with Crippen LogP contribution in [0.3, 0.4) is 0 Å². The van der Waals surface area contributed by atoms with Crippen LogP contribution in [0.2, 0.25) is 0 Å². The van der Waals surface area contributed by atoms with Crippen molar-refractivity contribution >= 4 is 15.9 Å². The normalized spacial score (nSPS) is 10.6. The standard InChI is InChI=1S/C13H15BrN2O/c1-8-5-10(11(17-4)6-9(8)2)12-13(14)15-7-16(12)3/h5-7H,1-4H3. The van der Waals surface area contributed by atoms with Crippen LogP contribution in [0.1, 0.15) is 11.1 Å². The van der Waals surface area contributed by atoms with Gasteiger partial charge in [-0.25, -0.2) is 4.98 Å². The molecule has 0 unspecified atom stereocenters. The van der Waals surface area contributed by atoms with Crippen molar-refractivity contribution < 1.29 is 4.74 Å². The van der Waals surface area contributed by atoms with Crippen LogP contribution in [-0.4, -0.2) is 16.7 Å². The first-order chi connectivity index (χ1) is 8.04. The predicted molar refractivity (Wildman–Crippen MR) is 72.4 cm³/mol. The number of aryl methyl sites for hydroxylation is 3. The summed E-state index contributed by atoms with van der Waals surface area (Å²) in [5.41, 5.74) is 4.56. The van der Waals surface area contributed by atoms with Gasteiger partial charge in [0.05, 0.1) is 19.1 Å². The summed E-state index contributed by atoms with van der Waals surface area (Å²) in [6, 6.07) is 4.19. The second-order valence-corrected chi connectivity index (χ2v) is 4.88. The Balaban J connectivity index is 2.70. The van der Waals surface area contributed by atoms with Crippen LogP contribution in [-0.2, 0) is 7.05 Å². The summed E-state index contributed by atoms with van der Waals surface area (Å²) in [6.07, 6.45) is 1.79. The molecule has 1 aromatic heterocycles. The van der Waals surface area contributed by atoms with E-state index in [4.69, 9.17) is 4.74 Å². The maximum Gasteiger partial charge on any atom is 0.132 e. The molecule has 0 bridgehead atoms. The number of aromatic nitrogens is 2. The van der Waals surface area contributed by atoms with Crippen LogP contribution in [0.4, 0.5) is 0 Å². The first-order valence-electron chi connectivity index (χ1n) is 5.37. The molecule has 0 atom stereocenters. The van der Waals surface area contributed by atoms with Gasteiger partial charge in [0.15, 0.2) is 0 Å². The SMILES string of the molecule is COc1cc(C)c(C)cc1-c1c(Br)ncn1C. The van der Waals surface area contributed by atoms with Crippen molar-refractivity contribution in [1.82, 2.24) is 9.55 Å². The molecule has 0 aliphatic carbocycles. The lowest BCUT2D eigenvalue weighted by molar-refractivity contribution is 0.415. The average molecular weight is 295 g/mol. The zero-order valence-electron chi connectivity index (χ0n) is 10.4. The Bertz CT molecular complexity index is 541. The Morgan fingerprint density at radius 3 is 2.41 bits per heavy atom. The molecule has 0 amide bonds. The maximum absolute atomic E-state index is 5.45. The Labute approximate surface area is 110 Å². The third-order valence-corrected chi connectivity index (χ3v) is 3.54. The number of nitrogens with zero attached hydrogens (tertiary/aromatic N) is 2. The van der Waals surface area contributed by atoms with Crippen LogP contribution >= 0.6 is 15.9 Å². The lowest BCUT2D eigenvalue weighted by Gasteiger charge is -2.12. The summed E-state index contributed by atoms with van der Waals surface area (Å²) in [7, 11) is 3.67. The van der Waals surface area contributed by atoms with E-state index < -0.39 is 0 Å². The van der Waals surface area contributed by atoms with E-state index in [1.54, 1.807) is 13.4 Å². The molecule has 0 aliphatic rings. The van der Waals surface area contributed by atoms with Gasteiger partial charge in [-0.1, -0.05) is 0 Å². The summed E-state index contributed by atoms with van der Waals surface area (Å²) in [6.45, 7) is 4.18.